The summed E-state index contributed by atoms with van der Waals surface area (Å²) in [6.07, 6.45) is 4.94. The number of ether oxygens (including phenoxy) is 2. The van der Waals surface area contributed by atoms with E-state index < -0.39 is 0 Å². The van der Waals surface area contributed by atoms with E-state index in [1.807, 2.05) is 42.5 Å². The van der Waals surface area contributed by atoms with Crippen molar-refractivity contribution >= 4 is 11.9 Å². The minimum absolute atomic E-state index is 0.00268. The zero-order valence-electron chi connectivity index (χ0n) is 19.5. The Morgan fingerprint density at radius 1 is 1.06 bits per heavy atom. The predicted molar refractivity (Wildman–Crippen MR) is 127 cm³/mol. The second kappa shape index (κ2) is 11.4. The van der Waals surface area contributed by atoms with Gasteiger partial charge >= 0.3 is 0 Å². The highest BCUT2D eigenvalue weighted by Gasteiger charge is 2.18. The molecule has 0 radical (unpaired) electrons. The van der Waals surface area contributed by atoms with Gasteiger partial charge in [-0.1, -0.05) is 12.1 Å². The molecule has 1 amide bonds. The van der Waals surface area contributed by atoms with Crippen LogP contribution in [0.5, 0.6) is 11.5 Å². The minimum atomic E-state index is -0.00268. The van der Waals surface area contributed by atoms with Gasteiger partial charge in [0, 0.05) is 51.4 Å². The van der Waals surface area contributed by atoms with Crippen LogP contribution in [0.25, 0.3) is 0 Å². The maximum Gasteiger partial charge on any atom is 0.253 e. The van der Waals surface area contributed by atoms with Gasteiger partial charge in [0.2, 0.25) is 0 Å². The Morgan fingerprint density at radius 3 is 2.38 bits per heavy atom. The fraction of sp³-hybridized carbons (Fsp3) is 0.440. The highest BCUT2D eigenvalue weighted by Crippen LogP contribution is 2.30. The van der Waals surface area contributed by atoms with Gasteiger partial charge in [0.15, 0.2) is 5.96 Å². The number of rotatable bonds is 8. The topological polar surface area (TPSA) is 75.2 Å². The number of hydrogen-bond acceptors (Lipinski definition) is 4. The van der Waals surface area contributed by atoms with E-state index in [0.29, 0.717) is 24.6 Å². The molecular formula is C25H34N4O3. The third kappa shape index (κ3) is 6.39. The van der Waals surface area contributed by atoms with E-state index in [1.165, 1.54) is 12.8 Å². The van der Waals surface area contributed by atoms with Gasteiger partial charge in [0.1, 0.15) is 11.5 Å². The maximum atomic E-state index is 12.0. The molecule has 0 saturated heterocycles. The largest absolute Gasteiger partial charge is 0.497 e. The summed E-state index contributed by atoms with van der Waals surface area (Å²) in [5.41, 5.74) is 2.81. The van der Waals surface area contributed by atoms with Gasteiger partial charge in [0.25, 0.3) is 5.91 Å². The summed E-state index contributed by atoms with van der Waals surface area (Å²) in [6.45, 7) is 1.19. The third-order valence-corrected chi connectivity index (χ3v) is 5.61. The van der Waals surface area contributed by atoms with E-state index in [9.17, 15) is 4.79 Å². The molecule has 3 rings (SSSR count). The average molecular weight is 439 g/mol. The van der Waals surface area contributed by atoms with E-state index >= 15 is 0 Å². The first-order valence-corrected chi connectivity index (χ1v) is 11.1. The molecule has 7 nitrogen and oxygen atoms in total. The lowest BCUT2D eigenvalue weighted by molar-refractivity contribution is 0.0827. The Labute approximate surface area is 190 Å². The molecule has 2 N–H and O–H groups in total. The second-order valence-corrected chi connectivity index (χ2v) is 8.17. The Balaban J connectivity index is 1.57. The molecule has 1 aliphatic rings. The van der Waals surface area contributed by atoms with Crippen LogP contribution in [0, 0.1) is 0 Å². The predicted octanol–water partition coefficient (Wildman–Crippen LogP) is 3.58. The number of nitrogens with one attached hydrogen (secondary N) is 2. The minimum Gasteiger partial charge on any atom is -0.497 e. The van der Waals surface area contributed by atoms with Gasteiger partial charge in [-0.15, -0.1) is 0 Å². The first-order valence-electron chi connectivity index (χ1n) is 11.1. The lowest BCUT2D eigenvalue weighted by atomic mass is 10.1. The van der Waals surface area contributed by atoms with Gasteiger partial charge in [-0.05, 0) is 55.5 Å². The van der Waals surface area contributed by atoms with Crippen LogP contribution in [0.15, 0.2) is 47.5 Å². The monoisotopic (exact) mass is 438 g/mol. The molecule has 0 atom stereocenters. The fourth-order valence-corrected chi connectivity index (χ4v) is 3.71. The first kappa shape index (κ1) is 23.4. The number of nitrogens with zero attached hydrogens (tertiary/aromatic N) is 2. The summed E-state index contributed by atoms with van der Waals surface area (Å²) in [5.74, 6) is 2.35. The smallest absolute Gasteiger partial charge is 0.253 e. The highest BCUT2D eigenvalue weighted by atomic mass is 16.5. The summed E-state index contributed by atoms with van der Waals surface area (Å²) in [6, 6.07) is 13.5. The summed E-state index contributed by atoms with van der Waals surface area (Å²) >= 11 is 0. The molecular weight excluding hydrogens is 404 g/mol. The van der Waals surface area contributed by atoms with E-state index in [2.05, 4.69) is 15.6 Å². The maximum absolute atomic E-state index is 12.0. The van der Waals surface area contributed by atoms with Crippen molar-refractivity contribution in [1.82, 2.24) is 15.5 Å². The molecule has 2 aromatic rings. The molecule has 0 bridgehead atoms. The number of methoxy groups -OCH3 is 1. The SMILES string of the molecule is CN=C(NCc1ccc(C(=O)N(C)C)cc1)NCc1ccc(OC)cc1OC1CCCC1. The molecule has 7 heteroatoms. The Hall–Kier alpha value is -3.22. The van der Waals surface area contributed by atoms with Crippen molar-refractivity contribution in [3.05, 3.63) is 59.2 Å². The quantitative estimate of drug-likeness (QED) is 0.487. The zero-order chi connectivity index (χ0) is 22.9. The number of aliphatic imine (C=N–C) groups is 1. The molecule has 1 fully saturated rings. The Morgan fingerprint density at radius 2 is 1.75 bits per heavy atom. The van der Waals surface area contributed by atoms with Crippen LogP contribution in [0.4, 0.5) is 0 Å². The van der Waals surface area contributed by atoms with E-state index in [1.54, 1.807) is 33.2 Å². The molecule has 32 heavy (non-hydrogen) atoms. The van der Waals surface area contributed by atoms with Crippen molar-refractivity contribution in [3.8, 4) is 11.5 Å². The van der Waals surface area contributed by atoms with Gasteiger partial charge < -0.3 is 25.0 Å². The Kier molecular flexibility index (Phi) is 8.36. The van der Waals surface area contributed by atoms with Crippen LogP contribution in [-0.4, -0.2) is 51.1 Å². The summed E-state index contributed by atoms with van der Waals surface area (Å²) in [4.78, 5) is 17.9. The van der Waals surface area contributed by atoms with Crippen LogP contribution in [-0.2, 0) is 13.1 Å². The highest BCUT2D eigenvalue weighted by molar-refractivity contribution is 5.93. The van der Waals surface area contributed by atoms with Gasteiger partial charge in [-0.3, -0.25) is 9.79 Å². The summed E-state index contributed by atoms with van der Waals surface area (Å²) in [7, 11) is 6.92. The molecule has 2 aromatic carbocycles. The molecule has 172 valence electrons. The number of hydrogen-bond donors (Lipinski definition) is 2. The van der Waals surface area contributed by atoms with Crippen LogP contribution < -0.4 is 20.1 Å². The summed E-state index contributed by atoms with van der Waals surface area (Å²) in [5, 5.41) is 6.68. The second-order valence-electron chi connectivity index (χ2n) is 8.17. The fourth-order valence-electron chi connectivity index (χ4n) is 3.71. The standard InChI is InChI=1S/C25H34N4O3/c1-26-25(27-16-18-9-11-19(12-10-18)24(30)29(2)3)28-17-20-13-14-22(31-4)15-23(20)32-21-7-5-6-8-21/h9-15,21H,5-8,16-17H2,1-4H3,(H2,26,27,28). The van der Waals surface area contributed by atoms with Crippen molar-refractivity contribution in [3.63, 3.8) is 0 Å². The zero-order valence-corrected chi connectivity index (χ0v) is 19.5. The van der Waals surface area contributed by atoms with Gasteiger partial charge in [-0.2, -0.15) is 0 Å². The van der Waals surface area contributed by atoms with Crippen molar-refractivity contribution in [2.75, 3.05) is 28.3 Å². The lowest BCUT2D eigenvalue weighted by Crippen LogP contribution is -2.36. The number of guanidine groups is 1. The van der Waals surface area contributed by atoms with Crippen LogP contribution in [0.3, 0.4) is 0 Å². The van der Waals surface area contributed by atoms with Gasteiger partial charge in [0.05, 0.1) is 13.2 Å². The van der Waals surface area contributed by atoms with Gasteiger partial charge in [-0.25, -0.2) is 0 Å². The van der Waals surface area contributed by atoms with Crippen molar-refractivity contribution in [2.45, 2.75) is 44.9 Å². The summed E-state index contributed by atoms with van der Waals surface area (Å²) < 4.78 is 11.7. The van der Waals surface area contributed by atoms with E-state index in [4.69, 9.17) is 9.47 Å². The third-order valence-electron chi connectivity index (χ3n) is 5.61. The number of carbonyl (C=O) groups is 1. The average Bonchev–Trinajstić information content (AvgIpc) is 3.32. The van der Waals surface area contributed by atoms with Crippen LogP contribution in [0.2, 0.25) is 0 Å². The number of amides is 1. The molecule has 1 aliphatic carbocycles. The number of benzene rings is 2. The molecule has 0 unspecified atom stereocenters. The van der Waals surface area contributed by atoms with Crippen molar-refractivity contribution in [1.29, 1.82) is 0 Å². The molecule has 0 aliphatic heterocycles. The van der Waals surface area contributed by atoms with Crippen molar-refractivity contribution < 1.29 is 14.3 Å². The van der Waals surface area contributed by atoms with E-state index in [-0.39, 0.29) is 12.0 Å². The van der Waals surface area contributed by atoms with E-state index in [0.717, 1.165) is 35.5 Å². The molecule has 0 heterocycles. The molecule has 0 spiro atoms. The normalized spacial score (nSPS) is 14.2. The lowest BCUT2D eigenvalue weighted by Gasteiger charge is -2.19. The molecule has 1 saturated carbocycles. The van der Waals surface area contributed by atoms with Crippen LogP contribution in [0.1, 0.15) is 47.2 Å². The van der Waals surface area contributed by atoms with Crippen molar-refractivity contribution in [2.24, 2.45) is 4.99 Å². The number of carbonyl (C=O) groups excluding carboxylic acids is 1. The Bertz CT molecular complexity index is 919. The van der Waals surface area contributed by atoms with Crippen LogP contribution >= 0.6 is 0 Å². The molecule has 0 aromatic heterocycles. The first-order chi connectivity index (χ1) is 15.5.